The predicted molar refractivity (Wildman–Crippen MR) is 87.9 cm³/mol. The molecule has 0 spiro atoms. The molecule has 3 rings (SSSR count). The number of nitrogen functional groups attached to an aromatic ring is 1. The van der Waals surface area contributed by atoms with E-state index in [1.807, 2.05) is 26.0 Å². The van der Waals surface area contributed by atoms with Crippen LogP contribution in [0.4, 0.5) is 18.9 Å². The molecule has 0 atom stereocenters. The van der Waals surface area contributed by atoms with Gasteiger partial charge in [-0.3, -0.25) is 0 Å². The quantitative estimate of drug-likeness (QED) is 0.688. The molecular formula is C18H16F3N3. The fourth-order valence-electron chi connectivity index (χ4n) is 2.41. The first-order chi connectivity index (χ1) is 11.3. The van der Waals surface area contributed by atoms with Gasteiger partial charge in [-0.25, -0.2) is 4.68 Å². The maximum absolute atomic E-state index is 13.1. The number of aromatic nitrogens is 2. The van der Waals surface area contributed by atoms with Gasteiger partial charge in [0.1, 0.15) is 0 Å². The van der Waals surface area contributed by atoms with Gasteiger partial charge in [-0.2, -0.15) is 18.3 Å². The van der Waals surface area contributed by atoms with Crippen LogP contribution in [0.1, 0.15) is 16.8 Å². The molecule has 0 aliphatic rings. The number of hydrogen-bond acceptors (Lipinski definition) is 2. The Kier molecular flexibility index (Phi) is 3.83. The van der Waals surface area contributed by atoms with Gasteiger partial charge in [0, 0.05) is 11.3 Å². The zero-order chi connectivity index (χ0) is 17.5. The molecule has 0 radical (unpaired) electrons. The molecule has 0 saturated heterocycles. The monoisotopic (exact) mass is 331 g/mol. The molecule has 0 bridgehead atoms. The molecule has 0 fully saturated rings. The molecular weight excluding hydrogens is 315 g/mol. The van der Waals surface area contributed by atoms with E-state index < -0.39 is 11.9 Å². The maximum Gasteiger partial charge on any atom is 0.435 e. The van der Waals surface area contributed by atoms with E-state index in [1.165, 1.54) is 4.68 Å². The molecule has 2 aromatic carbocycles. The Morgan fingerprint density at radius 1 is 0.958 bits per heavy atom. The van der Waals surface area contributed by atoms with Crippen molar-refractivity contribution in [3.05, 3.63) is 65.4 Å². The van der Waals surface area contributed by atoms with Gasteiger partial charge >= 0.3 is 6.18 Å². The van der Waals surface area contributed by atoms with E-state index in [4.69, 9.17) is 5.73 Å². The highest BCUT2D eigenvalue weighted by Gasteiger charge is 2.35. The van der Waals surface area contributed by atoms with Crippen LogP contribution in [0.2, 0.25) is 0 Å². The Hall–Kier alpha value is -2.76. The average Bonchev–Trinajstić information content (AvgIpc) is 2.96. The van der Waals surface area contributed by atoms with E-state index in [1.54, 1.807) is 30.3 Å². The van der Waals surface area contributed by atoms with Gasteiger partial charge in [-0.1, -0.05) is 29.8 Å². The molecule has 2 N–H and O–H groups in total. The van der Waals surface area contributed by atoms with Crippen LogP contribution >= 0.6 is 0 Å². The van der Waals surface area contributed by atoms with Crippen molar-refractivity contribution in [2.45, 2.75) is 20.0 Å². The number of anilines is 1. The third-order valence-electron chi connectivity index (χ3n) is 3.85. The van der Waals surface area contributed by atoms with Crippen LogP contribution in [0.5, 0.6) is 0 Å². The van der Waals surface area contributed by atoms with Crippen molar-refractivity contribution in [3.63, 3.8) is 0 Å². The van der Waals surface area contributed by atoms with Gasteiger partial charge in [0.25, 0.3) is 0 Å². The van der Waals surface area contributed by atoms with Crippen LogP contribution in [0.3, 0.4) is 0 Å². The van der Waals surface area contributed by atoms with E-state index in [0.717, 1.165) is 17.2 Å². The molecule has 0 amide bonds. The third-order valence-corrected chi connectivity index (χ3v) is 3.85. The second-order valence-electron chi connectivity index (χ2n) is 5.73. The molecule has 6 heteroatoms. The second kappa shape index (κ2) is 5.70. The number of rotatable bonds is 2. The predicted octanol–water partition coefficient (Wildman–Crippen LogP) is 4.76. The van der Waals surface area contributed by atoms with Gasteiger partial charge in [0.05, 0.1) is 11.4 Å². The highest BCUT2D eigenvalue weighted by molar-refractivity contribution is 5.68. The maximum atomic E-state index is 13.1. The summed E-state index contributed by atoms with van der Waals surface area (Å²) in [5.41, 5.74) is 8.88. The molecule has 1 aromatic heterocycles. The molecule has 24 heavy (non-hydrogen) atoms. The van der Waals surface area contributed by atoms with E-state index in [9.17, 15) is 13.2 Å². The topological polar surface area (TPSA) is 43.8 Å². The number of nitrogens with two attached hydrogens (primary N) is 1. The lowest BCUT2D eigenvalue weighted by molar-refractivity contribution is -0.141. The first-order valence-electron chi connectivity index (χ1n) is 7.36. The molecule has 0 aliphatic carbocycles. The molecule has 3 nitrogen and oxygen atoms in total. The second-order valence-corrected chi connectivity index (χ2v) is 5.73. The number of hydrogen-bond donors (Lipinski definition) is 1. The lowest BCUT2D eigenvalue weighted by atomic mass is 10.1. The minimum Gasteiger partial charge on any atom is -0.398 e. The van der Waals surface area contributed by atoms with E-state index in [-0.39, 0.29) is 0 Å². The minimum absolute atomic E-state index is 0.345. The number of aryl methyl sites for hydroxylation is 2. The Bertz CT molecular complexity index is 878. The highest BCUT2D eigenvalue weighted by Crippen LogP contribution is 2.34. The molecule has 3 aromatic rings. The van der Waals surface area contributed by atoms with E-state index in [0.29, 0.717) is 22.6 Å². The van der Waals surface area contributed by atoms with Gasteiger partial charge < -0.3 is 5.73 Å². The van der Waals surface area contributed by atoms with Crippen molar-refractivity contribution in [2.75, 3.05) is 5.73 Å². The summed E-state index contributed by atoms with van der Waals surface area (Å²) >= 11 is 0. The fraction of sp³-hybridized carbons (Fsp3) is 0.167. The SMILES string of the molecule is Cc1ccc(-n2nc(C(F)(F)F)cc2-c2ccc(C)c(N)c2)cc1. The number of alkyl halides is 3. The number of halogens is 3. The van der Waals surface area contributed by atoms with E-state index >= 15 is 0 Å². The van der Waals surface area contributed by atoms with Crippen LogP contribution in [0, 0.1) is 13.8 Å². The summed E-state index contributed by atoms with van der Waals surface area (Å²) in [7, 11) is 0. The number of benzene rings is 2. The van der Waals surface area contributed by atoms with Crippen LogP contribution < -0.4 is 5.73 Å². The molecule has 0 saturated carbocycles. The molecule has 0 unspecified atom stereocenters. The Morgan fingerprint density at radius 2 is 1.62 bits per heavy atom. The van der Waals surface area contributed by atoms with Gasteiger partial charge in [-0.05, 0) is 43.7 Å². The summed E-state index contributed by atoms with van der Waals surface area (Å²) in [6, 6.07) is 13.4. The number of nitrogens with zero attached hydrogens (tertiary/aromatic N) is 2. The lowest BCUT2D eigenvalue weighted by Gasteiger charge is -2.09. The zero-order valence-corrected chi connectivity index (χ0v) is 13.2. The van der Waals surface area contributed by atoms with Crippen molar-refractivity contribution < 1.29 is 13.2 Å². The Morgan fingerprint density at radius 3 is 2.21 bits per heavy atom. The van der Waals surface area contributed by atoms with Crippen molar-refractivity contribution >= 4 is 5.69 Å². The van der Waals surface area contributed by atoms with Crippen LogP contribution in [0.25, 0.3) is 16.9 Å². The van der Waals surface area contributed by atoms with Crippen molar-refractivity contribution in [1.82, 2.24) is 9.78 Å². The van der Waals surface area contributed by atoms with Gasteiger partial charge in [0.15, 0.2) is 5.69 Å². The summed E-state index contributed by atoms with van der Waals surface area (Å²) < 4.78 is 40.7. The van der Waals surface area contributed by atoms with Crippen molar-refractivity contribution in [1.29, 1.82) is 0 Å². The largest absolute Gasteiger partial charge is 0.435 e. The normalized spacial score (nSPS) is 11.7. The van der Waals surface area contributed by atoms with Crippen molar-refractivity contribution in [3.8, 4) is 16.9 Å². The lowest BCUT2D eigenvalue weighted by Crippen LogP contribution is -2.07. The highest BCUT2D eigenvalue weighted by atomic mass is 19.4. The molecule has 124 valence electrons. The summed E-state index contributed by atoms with van der Waals surface area (Å²) in [4.78, 5) is 0. The average molecular weight is 331 g/mol. The van der Waals surface area contributed by atoms with Crippen molar-refractivity contribution in [2.24, 2.45) is 0 Å². The Labute approximate surface area is 137 Å². The van der Waals surface area contributed by atoms with Crippen LogP contribution in [-0.4, -0.2) is 9.78 Å². The van der Waals surface area contributed by atoms with Crippen LogP contribution in [0.15, 0.2) is 48.5 Å². The first-order valence-corrected chi connectivity index (χ1v) is 7.36. The summed E-state index contributed by atoms with van der Waals surface area (Å²) in [6.07, 6.45) is -4.51. The standard InChI is InChI=1S/C18H16F3N3/c1-11-3-7-14(8-4-11)24-16(10-17(23-24)18(19,20)21)13-6-5-12(2)15(22)9-13/h3-10H,22H2,1-2H3. The summed E-state index contributed by atoms with van der Waals surface area (Å²) in [5.74, 6) is 0. The minimum atomic E-state index is -4.51. The molecule has 1 heterocycles. The summed E-state index contributed by atoms with van der Waals surface area (Å²) in [5, 5.41) is 3.76. The Balaban J connectivity index is 2.21. The van der Waals surface area contributed by atoms with E-state index in [2.05, 4.69) is 5.10 Å². The third kappa shape index (κ3) is 2.99. The van der Waals surface area contributed by atoms with Gasteiger partial charge in [-0.15, -0.1) is 0 Å². The van der Waals surface area contributed by atoms with Gasteiger partial charge in [0.2, 0.25) is 0 Å². The van der Waals surface area contributed by atoms with Crippen LogP contribution in [-0.2, 0) is 6.18 Å². The summed E-state index contributed by atoms with van der Waals surface area (Å²) in [6.45, 7) is 3.76. The smallest absolute Gasteiger partial charge is 0.398 e. The fourth-order valence-corrected chi connectivity index (χ4v) is 2.41. The molecule has 0 aliphatic heterocycles. The zero-order valence-electron chi connectivity index (χ0n) is 13.2. The first kappa shape index (κ1) is 16.1.